The second-order valence-electron chi connectivity index (χ2n) is 3.98. The number of rotatable bonds is 2. The first-order valence-electron chi connectivity index (χ1n) is 4.56. The van der Waals surface area contributed by atoms with Crippen LogP contribution in [0.5, 0.6) is 0 Å². The van der Waals surface area contributed by atoms with Gasteiger partial charge in [-0.3, -0.25) is 4.98 Å². The second-order valence-corrected chi connectivity index (χ2v) is 3.98. The Balaban J connectivity index is 2.96. The molecule has 0 fully saturated rings. The maximum Gasteiger partial charge on any atom is 0.418 e. The van der Waals surface area contributed by atoms with Gasteiger partial charge in [0.1, 0.15) is 5.60 Å². The summed E-state index contributed by atoms with van der Waals surface area (Å²) in [5.74, 6) is 0. The zero-order valence-corrected chi connectivity index (χ0v) is 8.78. The molecule has 0 amide bonds. The molecule has 0 radical (unpaired) electrons. The average molecular weight is 235 g/mol. The van der Waals surface area contributed by atoms with Gasteiger partial charge in [0.15, 0.2) is 6.10 Å². The number of alkyl halides is 3. The van der Waals surface area contributed by atoms with Gasteiger partial charge in [-0.25, -0.2) is 0 Å². The molecule has 0 aliphatic carbocycles. The third kappa shape index (κ3) is 2.93. The van der Waals surface area contributed by atoms with Gasteiger partial charge in [-0.1, -0.05) is 6.07 Å². The van der Waals surface area contributed by atoms with Crippen LogP contribution in [-0.4, -0.2) is 21.4 Å². The minimum atomic E-state index is -4.71. The van der Waals surface area contributed by atoms with E-state index in [0.29, 0.717) is 0 Å². The summed E-state index contributed by atoms with van der Waals surface area (Å²) in [4.78, 5) is 3.67. The molecule has 0 spiro atoms. The number of nitrogens with zero attached hydrogens (tertiary/aromatic N) is 1. The van der Waals surface area contributed by atoms with Crippen LogP contribution in [0, 0.1) is 0 Å². The van der Waals surface area contributed by atoms with Crippen LogP contribution in [0.4, 0.5) is 13.2 Å². The number of aromatic nitrogens is 1. The number of halogens is 3. The van der Waals surface area contributed by atoms with Crippen LogP contribution in [0.15, 0.2) is 18.3 Å². The fourth-order valence-electron chi connectivity index (χ4n) is 1.12. The molecular weight excluding hydrogens is 223 g/mol. The van der Waals surface area contributed by atoms with Gasteiger partial charge in [-0.2, -0.15) is 13.2 Å². The van der Waals surface area contributed by atoms with E-state index >= 15 is 0 Å². The summed E-state index contributed by atoms with van der Waals surface area (Å²) >= 11 is 0. The summed E-state index contributed by atoms with van der Waals surface area (Å²) < 4.78 is 36.4. The van der Waals surface area contributed by atoms with Crippen molar-refractivity contribution < 1.29 is 23.4 Å². The zero-order chi connectivity index (χ0) is 12.6. The summed E-state index contributed by atoms with van der Waals surface area (Å²) in [6.45, 7) is 2.93. The molecule has 0 saturated carbocycles. The van der Waals surface area contributed by atoms with E-state index in [1.807, 2.05) is 0 Å². The van der Waals surface area contributed by atoms with Gasteiger partial charge in [0.2, 0.25) is 0 Å². The van der Waals surface area contributed by atoms with E-state index in [1.54, 1.807) is 0 Å². The van der Waals surface area contributed by atoms with Crippen LogP contribution in [0.25, 0.3) is 0 Å². The monoisotopic (exact) mass is 235 g/mol. The van der Waals surface area contributed by atoms with Crippen LogP contribution < -0.4 is 0 Å². The lowest BCUT2D eigenvalue weighted by Gasteiger charge is -2.18. The Labute approximate surface area is 90.6 Å². The van der Waals surface area contributed by atoms with Crippen molar-refractivity contribution in [3.8, 4) is 0 Å². The molecule has 0 aliphatic heterocycles. The van der Waals surface area contributed by atoms with E-state index in [0.717, 1.165) is 12.3 Å². The molecule has 0 bridgehead atoms. The highest BCUT2D eigenvalue weighted by Crippen LogP contribution is 2.32. The van der Waals surface area contributed by atoms with Crippen molar-refractivity contribution in [3.63, 3.8) is 0 Å². The van der Waals surface area contributed by atoms with E-state index in [-0.39, 0.29) is 11.3 Å². The zero-order valence-electron chi connectivity index (χ0n) is 8.78. The molecule has 1 heterocycles. The first-order chi connectivity index (χ1) is 7.12. The molecule has 16 heavy (non-hydrogen) atoms. The quantitative estimate of drug-likeness (QED) is 0.823. The lowest BCUT2D eigenvalue weighted by molar-refractivity contribution is -0.206. The first kappa shape index (κ1) is 12.9. The Kier molecular flexibility index (Phi) is 3.25. The molecule has 0 aliphatic rings. The number of hydrogen-bond donors (Lipinski definition) is 2. The topological polar surface area (TPSA) is 53.4 Å². The van der Waals surface area contributed by atoms with Crippen molar-refractivity contribution in [2.24, 2.45) is 0 Å². The second kappa shape index (κ2) is 4.03. The maximum absolute atomic E-state index is 12.1. The van der Waals surface area contributed by atoms with E-state index < -0.39 is 17.9 Å². The highest BCUT2D eigenvalue weighted by Gasteiger charge is 2.39. The largest absolute Gasteiger partial charge is 0.418 e. The summed E-state index contributed by atoms with van der Waals surface area (Å²) in [7, 11) is 0. The molecule has 1 aromatic heterocycles. The lowest BCUT2D eigenvalue weighted by Crippen LogP contribution is -2.21. The summed E-state index contributed by atoms with van der Waals surface area (Å²) in [6, 6.07) is 2.35. The van der Waals surface area contributed by atoms with Gasteiger partial charge >= 0.3 is 6.18 Å². The van der Waals surface area contributed by atoms with Crippen LogP contribution in [-0.2, 0) is 5.60 Å². The van der Waals surface area contributed by atoms with Gasteiger partial charge in [-0.05, 0) is 19.9 Å². The van der Waals surface area contributed by atoms with Crippen LogP contribution in [0.2, 0.25) is 0 Å². The molecule has 0 unspecified atom stereocenters. The van der Waals surface area contributed by atoms with Gasteiger partial charge in [0.05, 0.1) is 5.69 Å². The predicted octanol–water partition coefficient (Wildman–Crippen LogP) is 1.90. The Hall–Kier alpha value is -1.14. The maximum atomic E-state index is 12.1. The number of aliphatic hydroxyl groups is 2. The van der Waals surface area contributed by atoms with Gasteiger partial charge in [-0.15, -0.1) is 0 Å². The molecular formula is C10H12F3NO2. The fourth-order valence-corrected chi connectivity index (χ4v) is 1.12. The van der Waals surface area contributed by atoms with Crippen molar-refractivity contribution in [1.82, 2.24) is 4.98 Å². The summed E-state index contributed by atoms with van der Waals surface area (Å²) in [5.41, 5.74) is -1.33. The lowest BCUT2D eigenvalue weighted by atomic mass is 10.0. The van der Waals surface area contributed by atoms with Crippen molar-refractivity contribution in [2.75, 3.05) is 0 Å². The smallest absolute Gasteiger partial charge is 0.384 e. The van der Waals surface area contributed by atoms with E-state index in [9.17, 15) is 18.3 Å². The Morgan fingerprint density at radius 1 is 1.25 bits per heavy atom. The molecule has 6 heteroatoms. The van der Waals surface area contributed by atoms with Crippen LogP contribution >= 0.6 is 0 Å². The molecule has 90 valence electrons. The average Bonchev–Trinajstić information content (AvgIpc) is 2.14. The summed E-state index contributed by atoms with van der Waals surface area (Å²) in [6.07, 6.45) is -6.35. The SMILES string of the molecule is CC(C)(O)c1ccc([C@H](O)C(F)(F)F)cn1. The van der Waals surface area contributed by atoms with E-state index in [2.05, 4.69) is 4.98 Å². The first-order valence-corrected chi connectivity index (χ1v) is 4.56. The van der Waals surface area contributed by atoms with E-state index in [1.165, 1.54) is 19.9 Å². The third-order valence-corrected chi connectivity index (χ3v) is 2.04. The van der Waals surface area contributed by atoms with E-state index in [4.69, 9.17) is 5.11 Å². The highest BCUT2D eigenvalue weighted by atomic mass is 19.4. The van der Waals surface area contributed by atoms with Gasteiger partial charge in [0, 0.05) is 11.8 Å². The Morgan fingerprint density at radius 3 is 2.12 bits per heavy atom. The summed E-state index contributed by atoms with van der Waals surface area (Å²) in [5, 5.41) is 18.5. The Morgan fingerprint density at radius 2 is 1.81 bits per heavy atom. The number of hydrogen-bond acceptors (Lipinski definition) is 3. The fraction of sp³-hybridized carbons (Fsp3) is 0.500. The number of pyridine rings is 1. The third-order valence-electron chi connectivity index (χ3n) is 2.04. The van der Waals surface area contributed by atoms with Crippen LogP contribution in [0.3, 0.4) is 0 Å². The molecule has 1 aromatic rings. The molecule has 1 rings (SSSR count). The normalized spacial score (nSPS) is 14.9. The Bertz CT molecular complexity index is 354. The molecule has 3 nitrogen and oxygen atoms in total. The van der Waals surface area contributed by atoms with Crippen molar-refractivity contribution in [3.05, 3.63) is 29.6 Å². The van der Waals surface area contributed by atoms with Crippen molar-refractivity contribution in [2.45, 2.75) is 31.7 Å². The van der Waals surface area contributed by atoms with Gasteiger partial charge in [0.25, 0.3) is 0 Å². The highest BCUT2D eigenvalue weighted by molar-refractivity contribution is 5.20. The van der Waals surface area contributed by atoms with Crippen LogP contribution in [0.1, 0.15) is 31.2 Å². The standard InChI is InChI=1S/C10H12F3NO2/c1-9(2,16)7-4-3-6(5-14-7)8(15)10(11,12)13/h3-5,8,15-16H,1-2H3/t8-/m0/s1. The minimum absolute atomic E-state index is 0.241. The molecule has 0 aromatic carbocycles. The van der Waals surface area contributed by atoms with Crippen molar-refractivity contribution >= 4 is 0 Å². The molecule has 2 N–H and O–H groups in total. The van der Waals surface area contributed by atoms with Gasteiger partial charge < -0.3 is 10.2 Å². The molecule has 1 atom stereocenters. The minimum Gasteiger partial charge on any atom is -0.384 e. The van der Waals surface area contributed by atoms with Crippen molar-refractivity contribution in [1.29, 1.82) is 0 Å². The molecule has 0 saturated heterocycles. The number of aliphatic hydroxyl groups excluding tert-OH is 1. The predicted molar refractivity (Wildman–Crippen MR) is 50.5 cm³/mol.